The first-order valence-corrected chi connectivity index (χ1v) is 11.6. The Kier molecular flexibility index (Phi) is 7.78. The number of aromatic nitrogens is 2. The topological polar surface area (TPSA) is 79.9 Å². The number of alkyl halides is 2. The first-order chi connectivity index (χ1) is 17.5. The Balaban J connectivity index is 1.66. The second-order valence-electron chi connectivity index (χ2n) is 7.47. The van der Waals surface area contributed by atoms with Crippen LogP contribution in [0.5, 0.6) is 5.75 Å². The normalized spacial score (nSPS) is 11.2. The highest BCUT2D eigenvalue weighted by Gasteiger charge is 2.16. The molecule has 4 aromatic rings. The van der Waals surface area contributed by atoms with E-state index in [1.165, 1.54) is 30.3 Å². The summed E-state index contributed by atoms with van der Waals surface area (Å²) < 4.78 is 32.0. The van der Waals surface area contributed by atoms with Gasteiger partial charge in [-0.15, -0.1) is 0 Å². The minimum Gasteiger partial charge on any atom is -0.497 e. The van der Waals surface area contributed by atoms with Crippen molar-refractivity contribution in [1.82, 2.24) is 9.78 Å². The van der Waals surface area contributed by atoms with Crippen LogP contribution in [0.1, 0.15) is 5.56 Å². The number of nitrogens with zero attached hydrogens (tertiary/aromatic N) is 3. The van der Waals surface area contributed by atoms with Crippen LogP contribution in [-0.2, 0) is 4.79 Å². The fourth-order valence-corrected chi connectivity index (χ4v) is 3.90. The number of thioether (sulfide) groups is 1. The van der Waals surface area contributed by atoms with Crippen molar-refractivity contribution in [3.05, 3.63) is 96.2 Å². The molecule has 180 valence electrons. The first-order valence-electron chi connectivity index (χ1n) is 10.7. The van der Waals surface area contributed by atoms with Crippen molar-refractivity contribution in [2.45, 2.75) is 10.7 Å². The van der Waals surface area contributed by atoms with Gasteiger partial charge in [0.1, 0.15) is 17.4 Å². The molecule has 6 nitrogen and oxygen atoms in total. The summed E-state index contributed by atoms with van der Waals surface area (Å²) in [5, 5.41) is 17.1. The van der Waals surface area contributed by atoms with Crippen molar-refractivity contribution >= 4 is 29.4 Å². The van der Waals surface area contributed by atoms with Gasteiger partial charge in [-0.2, -0.15) is 19.1 Å². The summed E-state index contributed by atoms with van der Waals surface area (Å²) in [5.41, 5.74) is 2.99. The fraction of sp³-hybridized carbons (Fsp3) is 0.0741. The van der Waals surface area contributed by atoms with E-state index in [4.69, 9.17) is 9.84 Å². The Morgan fingerprint density at radius 3 is 2.39 bits per heavy atom. The zero-order chi connectivity index (χ0) is 25.5. The second-order valence-corrected chi connectivity index (χ2v) is 8.53. The number of amides is 1. The SMILES string of the molecule is COc1ccc(-c2nn(-c3ccccc3)cc2/C=C(/C#N)C(=O)Nc2ccc(SC(F)F)cc2)cc1. The molecule has 1 aromatic heterocycles. The molecule has 0 aliphatic rings. The van der Waals surface area contributed by atoms with Crippen molar-refractivity contribution in [3.8, 4) is 28.8 Å². The number of carbonyl (C=O) groups excluding carboxylic acids is 1. The third-order valence-electron chi connectivity index (χ3n) is 5.13. The summed E-state index contributed by atoms with van der Waals surface area (Å²) in [6.45, 7) is 0. The van der Waals surface area contributed by atoms with Gasteiger partial charge in [0, 0.05) is 27.9 Å². The fourth-order valence-electron chi connectivity index (χ4n) is 3.40. The van der Waals surface area contributed by atoms with E-state index in [1.54, 1.807) is 30.1 Å². The molecule has 0 radical (unpaired) electrons. The number of rotatable bonds is 8. The number of nitriles is 1. The average Bonchev–Trinajstić information content (AvgIpc) is 3.32. The molecule has 0 aliphatic heterocycles. The van der Waals surface area contributed by atoms with E-state index in [1.807, 2.05) is 48.5 Å². The Bertz CT molecular complexity index is 1410. The highest BCUT2D eigenvalue weighted by Crippen LogP contribution is 2.28. The van der Waals surface area contributed by atoms with Gasteiger partial charge in [0.2, 0.25) is 0 Å². The molecule has 0 saturated heterocycles. The van der Waals surface area contributed by atoms with Crippen molar-refractivity contribution in [2.75, 3.05) is 12.4 Å². The highest BCUT2D eigenvalue weighted by atomic mass is 32.2. The smallest absolute Gasteiger partial charge is 0.288 e. The second kappa shape index (κ2) is 11.3. The van der Waals surface area contributed by atoms with E-state index >= 15 is 0 Å². The number of benzene rings is 3. The summed E-state index contributed by atoms with van der Waals surface area (Å²) in [5.74, 6) is -2.47. The Morgan fingerprint density at radius 1 is 1.08 bits per heavy atom. The average molecular weight is 503 g/mol. The van der Waals surface area contributed by atoms with Crippen LogP contribution in [0.25, 0.3) is 23.0 Å². The van der Waals surface area contributed by atoms with E-state index in [2.05, 4.69) is 5.32 Å². The van der Waals surface area contributed by atoms with Gasteiger partial charge in [0.05, 0.1) is 18.5 Å². The molecule has 1 N–H and O–H groups in total. The Morgan fingerprint density at radius 2 is 1.78 bits per heavy atom. The standard InChI is InChI=1S/C27H20F2N4O2S/c1-35-23-11-7-18(8-12-23)25-20(17-33(32-25)22-5-3-2-4-6-22)15-19(16-30)26(34)31-21-9-13-24(14-10-21)36-27(28)29/h2-15,17,27H,1H3,(H,31,34)/b19-15-. The minimum absolute atomic E-state index is 0.136. The minimum atomic E-state index is -2.53. The Labute approximate surface area is 210 Å². The lowest BCUT2D eigenvalue weighted by molar-refractivity contribution is -0.112. The maximum Gasteiger partial charge on any atom is 0.288 e. The van der Waals surface area contributed by atoms with Crippen LogP contribution in [0, 0.1) is 11.3 Å². The summed E-state index contributed by atoms with van der Waals surface area (Å²) >= 11 is 0.414. The molecule has 0 fully saturated rings. The van der Waals surface area contributed by atoms with E-state index in [9.17, 15) is 18.8 Å². The van der Waals surface area contributed by atoms with Crippen LogP contribution in [0.3, 0.4) is 0 Å². The summed E-state index contributed by atoms with van der Waals surface area (Å²) in [6.07, 6.45) is 3.22. The van der Waals surface area contributed by atoms with Crippen LogP contribution < -0.4 is 10.1 Å². The van der Waals surface area contributed by atoms with Crippen LogP contribution >= 0.6 is 11.8 Å². The van der Waals surface area contributed by atoms with Gasteiger partial charge in [-0.25, -0.2) is 4.68 Å². The zero-order valence-electron chi connectivity index (χ0n) is 19.1. The van der Waals surface area contributed by atoms with Crippen molar-refractivity contribution in [1.29, 1.82) is 5.26 Å². The molecule has 0 spiro atoms. The lowest BCUT2D eigenvalue weighted by Gasteiger charge is -2.06. The van der Waals surface area contributed by atoms with Crippen LogP contribution in [0.15, 0.2) is 95.5 Å². The first kappa shape index (κ1) is 24.7. The molecule has 0 aliphatic carbocycles. The zero-order valence-corrected chi connectivity index (χ0v) is 19.9. The van der Waals surface area contributed by atoms with E-state index < -0.39 is 11.7 Å². The van der Waals surface area contributed by atoms with Crippen LogP contribution in [0.2, 0.25) is 0 Å². The number of hydrogen-bond donors (Lipinski definition) is 1. The largest absolute Gasteiger partial charge is 0.497 e. The summed E-state index contributed by atoms with van der Waals surface area (Å²) in [4.78, 5) is 13.2. The molecule has 0 unspecified atom stereocenters. The van der Waals surface area contributed by atoms with Gasteiger partial charge >= 0.3 is 0 Å². The number of carbonyl (C=O) groups is 1. The van der Waals surface area contributed by atoms with Crippen LogP contribution in [0.4, 0.5) is 14.5 Å². The van der Waals surface area contributed by atoms with Crippen molar-refractivity contribution in [3.63, 3.8) is 0 Å². The quantitative estimate of drug-likeness (QED) is 0.171. The number of halogens is 2. The van der Waals surface area contributed by atoms with Crippen molar-refractivity contribution in [2.24, 2.45) is 0 Å². The van der Waals surface area contributed by atoms with Crippen molar-refractivity contribution < 1.29 is 18.3 Å². The molecule has 1 heterocycles. The maximum absolute atomic E-state index is 12.8. The maximum atomic E-state index is 12.8. The molecule has 36 heavy (non-hydrogen) atoms. The van der Waals surface area contributed by atoms with Gasteiger partial charge < -0.3 is 10.1 Å². The lowest BCUT2D eigenvalue weighted by Crippen LogP contribution is -2.13. The molecular formula is C27H20F2N4O2S. The highest BCUT2D eigenvalue weighted by molar-refractivity contribution is 7.99. The summed E-state index contributed by atoms with van der Waals surface area (Å²) in [6, 6.07) is 24.7. The third-order valence-corrected chi connectivity index (χ3v) is 5.85. The number of anilines is 1. The molecule has 9 heteroatoms. The van der Waals surface area contributed by atoms with E-state index in [-0.39, 0.29) is 5.57 Å². The number of methoxy groups -OCH3 is 1. The van der Waals surface area contributed by atoms with Gasteiger partial charge in [-0.3, -0.25) is 4.79 Å². The van der Waals surface area contributed by atoms with E-state index in [0.717, 1.165) is 11.3 Å². The molecule has 0 bridgehead atoms. The predicted octanol–water partition coefficient (Wildman–Crippen LogP) is 6.41. The molecule has 3 aromatic carbocycles. The lowest BCUT2D eigenvalue weighted by atomic mass is 10.1. The van der Waals surface area contributed by atoms with Gasteiger partial charge in [0.25, 0.3) is 11.7 Å². The van der Waals surface area contributed by atoms with Gasteiger partial charge in [-0.1, -0.05) is 30.0 Å². The predicted molar refractivity (Wildman–Crippen MR) is 136 cm³/mol. The van der Waals surface area contributed by atoms with E-state index in [0.29, 0.717) is 39.4 Å². The number of nitrogens with one attached hydrogen (secondary N) is 1. The molecule has 1 amide bonds. The number of para-hydroxylation sites is 1. The Hall–Kier alpha value is -4.42. The molecule has 0 atom stereocenters. The van der Waals surface area contributed by atoms with Gasteiger partial charge in [0.15, 0.2) is 0 Å². The number of ether oxygens (including phenoxy) is 1. The monoisotopic (exact) mass is 502 g/mol. The summed E-state index contributed by atoms with van der Waals surface area (Å²) in [7, 11) is 1.58. The third kappa shape index (κ3) is 5.98. The van der Waals surface area contributed by atoms with Gasteiger partial charge in [-0.05, 0) is 66.7 Å². The number of hydrogen-bond acceptors (Lipinski definition) is 5. The van der Waals surface area contributed by atoms with Crippen LogP contribution in [-0.4, -0.2) is 28.6 Å². The molecular weight excluding hydrogens is 482 g/mol. The molecule has 0 saturated carbocycles. The molecule has 4 rings (SSSR count).